The van der Waals surface area contributed by atoms with Gasteiger partial charge in [0.1, 0.15) is 12.4 Å². The third-order valence-corrected chi connectivity index (χ3v) is 4.44. The largest absolute Gasteiger partial charge is 0.375 e. The Morgan fingerprint density at radius 1 is 1.12 bits per heavy atom. The molecule has 0 aliphatic rings. The number of aromatic nitrogens is 2. The molecule has 138 valence electrons. The van der Waals surface area contributed by atoms with Gasteiger partial charge in [0.15, 0.2) is 0 Å². The van der Waals surface area contributed by atoms with E-state index in [0.717, 1.165) is 29.8 Å². The van der Waals surface area contributed by atoms with Crippen LogP contribution in [0.1, 0.15) is 57.7 Å². The van der Waals surface area contributed by atoms with Crippen molar-refractivity contribution in [2.24, 2.45) is 0 Å². The molecule has 25 heavy (non-hydrogen) atoms. The topological polar surface area (TPSA) is 56.2 Å². The summed E-state index contributed by atoms with van der Waals surface area (Å²) in [6.45, 7) is 3.71. The van der Waals surface area contributed by atoms with Crippen LogP contribution in [-0.4, -0.2) is 29.2 Å². The molecule has 0 aliphatic carbocycles. The van der Waals surface area contributed by atoms with E-state index in [9.17, 15) is 4.79 Å². The monoisotopic (exact) mass is 345 g/mol. The highest BCUT2D eigenvalue weighted by Gasteiger charge is 2.11. The Morgan fingerprint density at radius 2 is 1.84 bits per heavy atom. The molecule has 1 heterocycles. The number of methoxy groups -OCH3 is 1. The van der Waals surface area contributed by atoms with Gasteiger partial charge in [-0.2, -0.15) is 0 Å². The average Bonchev–Trinajstić information content (AvgIpc) is 2.97. The number of aryl methyl sites for hydroxylation is 1. The van der Waals surface area contributed by atoms with Crippen molar-refractivity contribution in [3.8, 4) is 0 Å². The van der Waals surface area contributed by atoms with Crippen molar-refractivity contribution in [3.63, 3.8) is 0 Å². The van der Waals surface area contributed by atoms with Crippen LogP contribution in [0, 0.1) is 0 Å². The van der Waals surface area contributed by atoms with Crippen LogP contribution in [-0.2, 0) is 22.6 Å². The summed E-state index contributed by atoms with van der Waals surface area (Å²) in [6, 6.07) is 8.17. The van der Waals surface area contributed by atoms with Crippen molar-refractivity contribution in [3.05, 3.63) is 30.1 Å². The second-order valence-electron chi connectivity index (χ2n) is 6.50. The molecule has 2 aromatic rings. The first-order chi connectivity index (χ1) is 12.3. The Hall–Kier alpha value is -1.88. The molecule has 5 nitrogen and oxygen atoms in total. The van der Waals surface area contributed by atoms with Gasteiger partial charge >= 0.3 is 0 Å². The van der Waals surface area contributed by atoms with Gasteiger partial charge in [0, 0.05) is 13.7 Å². The maximum Gasteiger partial charge on any atom is 0.246 e. The van der Waals surface area contributed by atoms with Gasteiger partial charge in [-0.3, -0.25) is 4.79 Å². The first kappa shape index (κ1) is 19.4. The number of carbonyl (C=O) groups is 1. The molecule has 0 bridgehead atoms. The highest BCUT2D eigenvalue weighted by molar-refractivity contribution is 5.78. The Labute approximate surface area is 150 Å². The van der Waals surface area contributed by atoms with Crippen LogP contribution < -0.4 is 5.32 Å². The maximum atomic E-state index is 11.7. The van der Waals surface area contributed by atoms with Gasteiger partial charge in [0.2, 0.25) is 5.91 Å². The Morgan fingerprint density at radius 3 is 2.60 bits per heavy atom. The Balaban J connectivity index is 1.93. The Kier molecular flexibility index (Phi) is 8.46. The molecule has 1 amide bonds. The molecule has 1 aromatic carbocycles. The van der Waals surface area contributed by atoms with Gasteiger partial charge in [-0.05, 0) is 18.6 Å². The normalized spacial score (nSPS) is 11.1. The van der Waals surface area contributed by atoms with Crippen molar-refractivity contribution in [2.75, 3.05) is 13.7 Å². The van der Waals surface area contributed by atoms with E-state index in [2.05, 4.69) is 22.9 Å². The van der Waals surface area contributed by atoms with E-state index in [0.29, 0.717) is 6.54 Å². The summed E-state index contributed by atoms with van der Waals surface area (Å²) in [5.41, 5.74) is 2.13. The highest BCUT2D eigenvalue weighted by atomic mass is 16.5. The van der Waals surface area contributed by atoms with Crippen LogP contribution in [0.25, 0.3) is 11.0 Å². The fraction of sp³-hybridized carbons (Fsp3) is 0.600. The van der Waals surface area contributed by atoms with E-state index < -0.39 is 0 Å². The van der Waals surface area contributed by atoms with Crippen molar-refractivity contribution in [2.45, 2.75) is 65.0 Å². The number of hydrogen-bond acceptors (Lipinski definition) is 3. The lowest BCUT2D eigenvalue weighted by Gasteiger charge is -2.10. The first-order valence-corrected chi connectivity index (χ1v) is 9.46. The van der Waals surface area contributed by atoms with E-state index in [4.69, 9.17) is 9.72 Å². The summed E-state index contributed by atoms with van der Waals surface area (Å²) in [6.07, 6.45) is 9.00. The summed E-state index contributed by atoms with van der Waals surface area (Å²) in [4.78, 5) is 16.3. The van der Waals surface area contributed by atoms with Gasteiger partial charge in [-0.1, -0.05) is 57.6 Å². The van der Waals surface area contributed by atoms with Crippen LogP contribution >= 0.6 is 0 Å². The van der Waals surface area contributed by atoms with Crippen LogP contribution in [0.2, 0.25) is 0 Å². The molecule has 0 aliphatic heterocycles. The zero-order chi connectivity index (χ0) is 17.9. The number of rotatable bonds is 12. The summed E-state index contributed by atoms with van der Waals surface area (Å²) >= 11 is 0. The number of benzene rings is 1. The summed E-state index contributed by atoms with van der Waals surface area (Å²) < 4.78 is 7.11. The van der Waals surface area contributed by atoms with Crippen molar-refractivity contribution in [1.82, 2.24) is 14.9 Å². The maximum absolute atomic E-state index is 11.7. The van der Waals surface area contributed by atoms with Gasteiger partial charge in [-0.15, -0.1) is 0 Å². The summed E-state index contributed by atoms with van der Waals surface area (Å²) in [5.74, 6) is 0.800. The van der Waals surface area contributed by atoms with E-state index in [1.807, 2.05) is 18.2 Å². The average molecular weight is 345 g/mol. The third-order valence-electron chi connectivity index (χ3n) is 4.44. The number of carbonyl (C=O) groups excluding carboxylic acids is 1. The number of ether oxygens (including phenoxy) is 1. The lowest BCUT2D eigenvalue weighted by molar-refractivity contribution is -0.124. The molecular weight excluding hydrogens is 314 g/mol. The van der Waals surface area contributed by atoms with E-state index in [-0.39, 0.29) is 12.5 Å². The number of para-hydroxylation sites is 2. The Bertz CT molecular complexity index is 651. The number of unbranched alkanes of at least 4 members (excludes halogenated alkanes) is 6. The zero-order valence-corrected chi connectivity index (χ0v) is 15.6. The minimum atomic E-state index is -0.114. The SMILES string of the molecule is CCCCCCCCCn1c(CNC(=O)COC)nc2ccccc21. The summed E-state index contributed by atoms with van der Waals surface area (Å²) in [7, 11) is 1.52. The number of nitrogens with zero attached hydrogens (tertiary/aromatic N) is 2. The van der Waals surface area contributed by atoms with Crippen LogP contribution in [0.15, 0.2) is 24.3 Å². The number of amides is 1. The van der Waals surface area contributed by atoms with Crippen LogP contribution in [0.3, 0.4) is 0 Å². The number of nitrogens with one attached hydrogen (secondary N) is 1. The molecule has 0 spiro atoms. The van der Waals surface area contributed by atoms with Gasteiger partial charge in [-0.25, -0.2) is 4.98 Å². The van der Waals surface area contributed by atoms with Crippen molar-refractivity contribution < 1.29 is 9.53 Å². The van der Waals surface area contributed by atoms with Crippen molar-refractivity contribution in [1.29, 1.82) is 0 Å². The van der Waals surface area contributed by atoms with Gasteiger partial charge in [0.25, 0.3) is 0 Å². The third kappa shape index (κ3) is 6.16. The molecule has 5 heteroatoms. The predicted molar refractivity (Wildman–Crippen MR) is 101 cm³/mol. The molecule has 0 unspecified atom stereocenters. The quantitative estimate of drug-likeness (QED) is 0.590. The molecule has 0 saturated carbocycles. The molecule has 1 N–H and O–H groups in total. The van der Waals surface area contributed by atoms with Gasteiger partial charge in [0.05, 0.1) is 17.6 Å². The fourth-order valence-electron chi connectivity index (χ4n) is 3.10. The fourth-order valence-corrected chi connectivity index (χ4v) is 3.10. The van der Waals surface area contributed by atoms with E-state index in [1.165, 1.54) is 45.6 Å². The minimum Gasteiger partial charge on any atom is -0.375 e. The van der Waals surface area contributed by atoms with Crippen LogP contribution in [0.5, 0.6) is 0 Å². The number of fused-ring (bicyclic) bond motifs is 1. The predicted octanol–water partition coefficient (Wildman–Crippen LogP) is 4.05. The number of hydrogen-bond donors (Lipinski definition) is 1. The second kappa shape index (κ2) is 10.9. The van der Waals surface area contributed by atoms with E-state index in [1.54, 1.807) is 0 Å². The van der Waals surface area contributed by atoms with Crippen LogP contribution in [0.4, 0.5) is 0 Å². The molecule has 2 rings (SSSR count). The molecule has 0 atom stereocenters. The highest BCUT2D eigenvalue weighted by Crippen LogP contribution is 2.18. The zero-order valence-electron chi connectivity index (χ0n) is 15.6. The smallest absolute Gasteiger partial charge is 0.246 e. The number of imidazole rings is 1. The lowest BCUT2D eigenvalue weighted by Crippen LogP contribution is -2.28. The van der Waals surface area contributed by atoms with E-state index >= 15 is 0 Å². The van der Waals surface area contributed by atoms with Gasteiger partial charge < -0.3 is 14.6 Å². The molecule has 0 radical (unpaired) electrons. The minimum absolute atomic E-state index is 0.0813. The first-order valence-electron chi connectivity index (χ1n) is 9.46. The summed E-state index contributed by atoms with van der Waals surface area (Å²) in [5, 5.41) is 2.88. The lowest BCUT2D eigenvalue weighted by atomic mass is 10.1. The molecular formula is C20H31N3O2. The molecule has 1 aromatic heterocycles. The second-order valence-corrected chi connectivity index (χ2v) is 6.50. The molecule has 0 fully saturated rings. The standard InChI is InChI=1S/C20H31N3O2/c1-3-4-5-6-7-8-11-14-23-18-13-10-9-12-17(18)22-19(23)15-21-20(24)16-25-2/h9-10,12-13H,3-8,11,14-16H2,1-2H3,(H,21,24). The molecule has 0 saturated heterocycles. The van der Waals surface area contributed by atoms with Crippen molar-refractivity contribution >= 4 is 16.9 Å².